The molecule has 0 bridgehead atoms. The number of hydrogen-bond acceptors (Lipinski definition) is 5. The maximum Gasteiger partial charge on any atom is 0.423 e. The number of aliphatic hydroxyl groups is 1. The number of fused-ring (bicyclic) bond motifs is 1. The van der Waals surface area contributed by atoms with Crippen LogP contribution >= 0.6 is 0 Å². The summed E-state index contributed by atoms with van der Waals surface area (Å²) in [5, 5.41) is 18.4. The number of aliphatic imine (C=N–C) groups is 1. The van der Waals surface area contributed by atoms with Crippen LogP contribution in [0.15, 0.2) is 59.7 Å². The Bertz CT molecular complexity index is 1410. The number of pyridine rings is 1. The molecule has 1 atom stereocenters. The van der Waals surface area contributed by atoms with Crippen molar-refractivity contribution in [2.45, 2.75) is 45.5 Å². The van der Waals surface area contributed by atoms with Crippen molar-refractivity contribution in [3.63, 3.8) is 0 Å². The van der Waals surface area contributed by atoms with Gasteiger partial charge in [0.25, 0.3) is 0 Å². The third-order valence-corrected chi connectivity index (χ3v) is 6.08. The molecule has 2 aromatic carbocycles. The molecule has 1 N–H and O–H groups in total. The molecule has 0 saturated heterocycles. The highest BCUT2D eigenvalue weighted by molar-refractivity contribution is 6.03. The Morgan fingerprint density at radius 1 is 1.06 bits per heavy atom. The average Bonchev–Trinajstić information content (AvgIpc) is 3.31. The first-order valence-corrected chi connectivity index (χ1v) is 11.5. The normalized spacial score (nSPS) is 14.3. The molecule has 4 aromatic rings. The summed E-state index contributed by atoms with van der Waals surface area (Å²) in [6.45, 7) is 5.74. The third kappa shape index (κ3) is 4.86. The van der Waals surface area contributed by atoms with Crippen molar-refractivity contribution in [3.8, 4) is 11.1 Å². The Labute approximate surface area is 205 Å². The standard InChI is InChI=1S/C26H25F4N5O/c1-4-25(36,26(28,29)30)24-15-35(34-33-24)14-17-6-11-20-21(18-7-9-19(27)10-8-18)13-22(16(3)31-5-2)32-23(20)12-17/h6-13,15,36H,4-5,14H2,1-3H3/b31-16+. The monoisotopic (exact) mass is 499 g/mol. The highest BCUT2D eigenvalue weighted by Crippen LogP contribution is 2.40. The molecule has 2 aromatic heterocycles. The lowest BCUT2D eigenvalue weighted by molar-refractivity contribution is -0.269. The molecule has 0 aliphatic carbocycles. The maximum absolute atomic E-state index is 13.5. The molecule has 0 spiro atoms. The SMILES string of the molecule is CC/N=C(\C)c1cc(-c2ccc(F)cc2)c2ccc(Cn3cc(C(O)(CC)C(F)(F)F)nn3)cc2n1. The maximum atomic E-state index is 13.5. The Balaban J connectivity index is 1.75. The van der Waals surface area contributed by atoms with E-state index in [1.54, 1.807) is 12.1 Å². The Kier molecular flexibility index (Phi) is 6.90. The summed E-state index contributed by atoms with van der Waals surface area (Å²) >= 11 is 0. The van der Waals surface area contributed by atoms with E-state index in [0.29, 0.717) is 17.8 Å². The van der Waals surface area contributed by atoms with Gasteiger partial charge in [-0.2, -0.15) is 13.2 Å². The fourth-order valence-corrected chi connectivity index (χ4v) is 4.02. The van der Waals surface area contributed by atoms with Gasteiger partial charge < -0.3 is 5.11 Å². The molecule has 0 fully saturated rings. The Morgan fingerprint density at radius 3 is 2.42 bits per heavy atom. The van der Waals surface area contributed by atoms with Crippen molar-refractivity contribution >= 4 is 16.6 Å². The molecule has 0 amide bonds. The van der Waals surface area contributed by atoms with Gasteiger partial charge in [0.05, 0.1) is 29.7 Å². The number of nitrogens with zero attached hydrogens (tertiary/aromatic N) is 5. The predicted octanol–water partition coefficient (Wildman–Crippen LogP) is 5.67. The molecule has 4 rings (SSSR count). The first-order valence-electron chi connectivity index (χ1n) is 11.5. The lowest BCUT2D eigenvalue weighted by Crippen LogP contribution is -2.42. The van der Waals surface area contributed by atoms with Gasteiger partial charge in [0.15, 0.2) is 0 Å². The fraction of sp³-hybridized carbons (Fsp3) is 0.308. The van der Waals surface area contributed by atoms with E-state index in [4.69, 9.17) is 4.98 Å². The largest absolute Gasteiger partial charge is 0.423 e. The van der Waals surface area contributed by atoms with Gasteiger partial charge in [0.2, 0.25) is 5.60 Å². The molecule has 2 heterocycles. The quantitative estimate of drug-likeness (QED) is 0.263. The minimum Gasteiger partial charge on any atom is -0.375 e. The van der Waals surface area contributed by atoms with Gasteiger partial charge in [0, 0.05) is 11.9 Å². The highest BCUT2D eigenvalue weighted by Gasteiger charge is 2.55. The summed E-state index contributed by atoms with van der Waals surface area (Å²) in [7, 11) is 0. The summed E-state index contributed by atoms with van der Waals surface area (Å²) in [6, 6.07) is 13.6. The second kappa shape index (κ2) is 9.77. The van der Waals surface area contributed by atoms with E-state index in [1.165, 1.54) is 23.7 Å². The topological polar surface area (TPSA) is 76.2 Å². The highest BCUT2D eigenvalue weighted by atomic mass is 19.4. The average molecular weight is 500 g/mol. The van der Waals surface area contributed by atoms with Gasteiger partial charge in [-0.3, -0.25) is 4.99 Å². The zero-order valence-corrected chi connectivity index (χ0v) is 20.0. The van der Waals surface area contributed by atoms with Crippen LogP contribution in [0.3, 0.4) is 0 Å². The van der Waals surface area contributed by atoms with Crippen LogP contribution in [0.2, 0.25) is 0 Å². The van der Waals surface area contributed by atoms with Gasteiger partial charge >= 0.3 is 6.18 Å². The number of halogens is 4. The van der Waals surface area contributed by atoms with Crippen LogP contribution < -0.4 is 0 Å². The number of rotatable bonds is 7. The van der Waals surface area contributed by atoms with E-state index in [-0.39, 0.29) is 12.4 Å². The van der Waals surface area contributed by atoms with Gasteiger partial charge in [-0.05, 0) is 61.2 Å². The molecular formula is C26H25F4N5O. The van der Waals surface area contributed by atoms with E-state index in [1.807, 2.05) is 38.1 Å². The van der Waals surface area contributed by atoms with E-state index in [9.17, 15) is 22.7 Å². The molecule has 6 nitrogen and oxygen atoms in total. The van der Waals surface area contributed by atoms with Crippen molar-refractivity contribution in [2.24, 2.45) is 4.99 Å². The lowest BCUT2D eigenvalue weighted by Gasteiger charge is -2.26. The van der Waals surface area contributed by atoms with Crippen molar-refractivity contribution in [3.05, 3.63) is 77.5 Å². The van der Waals surface area contributed by atoms with Gasteiger partial charge in [-0.25, -0.2) is 14.1 Å². The minimum absolute atomic E-state index is 0.125. The fourth-order valence-electron chi connectivity index (χ4n) is 4.02. The van der Waals surface area contributed by atoms with Crippen molar-refractivity contribution < 1.29 is 22.7 Å². The zero-order valence-electron chi connectivity index (χ0n) is 20.0. The third-order valence-electron chi connectivity index (χ3n) is 6.08. The van der Waals surface area contributed by atoms with E-state index in [2.05, 4.69) is 15.3 Å². The first-order chi connectivity index (χ1) is 17.1. The summed E-state index contributed by atoms with van der Waals surface area (Å²) in [6.07, 6.45) is -4.35. The number of hydrogen-bond donors (Lipinski definition) is 1. The molecule has 36 heavy (non-hydrogen) atoms. The molecule has 0 aliphatic heterocycles. The van der Waals surface area contributed by atoms with E-state index in [0.717, 1.165) is 34.0 Å². The second-order valence-electron chi connectivity index (χ2n) is 8.49. The van der Waals surface area contributed by atoms with Gasteiger partial charge in [0.1, 0.15) is 11.5 Å². The number of aromatic nitrogens is 4. The Hall–Kier alpha value is -3.66. The summed E-state index contributed by atoms with van der Waals surface area (Å²) in [5.74, 6) is -0.337. The van der Waals surface area contributed by atoms with Crippen LogP contribution in [0.4, 0.5) is 17.6 Å². The molecule has 1 unspecified atom stereocenters. The molecule has 10 heteroatoms. The summed E-state index contributed by atoms with van der Waals surface area (Å²) in [5.41, 5.74) is 0.848. The van der Waals surface area contributed by atoms with Crippen molar-refractivity contribution in [1.82, 2.24) is 20.0 Å². The van der Waals surface area contributed by atoms with E-state index >= 15 is 0 Å². The predicted molar refractivity (Wildman–Crippen MR) is 129 cm³/mol. The Morgan fingerprint density at radius 2 is 1.78 bits per heavy atom. The number of benzene rings is 2. The lowest BCUT2D eigenvalue weighted by atomic mass is 9.96. The van der Waals surface area contributed by atoms with E-state index < -0.39 is 23.9 Å². The molecule has 0 aliphatic rings. The van der Waals surface area contributed by atoms with Crippen LogP contribution in [0.1, 0.15) is 44.1 Å². The van der Waals surface area contributed by atoms with Crippen LogP contribution in [0.25, 0.3) is 22.0 Å². The second-order valence-corrected chi connectivity index (χ2v) is 8.49. The minimum atomic E-state index is -4.87. The number of alkyl halides is 3. The first kappa shape index (κ1) is 25.4. The zero-order chi connectivity index (χ0) is 26.1. The van der Waals surface area contributed by atoms with Crippen LogP contribution in [0, 0.1) is 5.82 Å². The molecule has 0 saturated carbocycles. The van der Waals surface area contributed by atoms with Gasteiger partial charge in [-0.1, -0.05) is 36.4 Å². The van der Waals surface area contributed by atoms with Crippen LogP contribution in [-0.4, -0.2) is 43.5 Å². The summed E-state index contributed by atoms with van der Waals surface area (Å²) < 4.78 is 55.0. The van der Waals surface area contributed by atoms with Crippen LogP contribution in [-0.2, 0) is 12.1 Å². The molecule has 188 valence electrons. The van der Waals surface area contributed by atoms with Crippen molar-refractivity contribution in [2.75, 3.05) is 6.54 Å². The molecular weight excluding hydrogens is 474 g/mol. The van der Waals surface area contributed by atoms with Gasteiger partial charge in [-0.15, -0.1) is 5.10 Å². The summed E-state index contributed by atoms with van der Waals surface area (Å²) in [4.78, 5) is 9.20. The smallest absolute Gasteiger partial charge is 0.375 e. The van der Waals surface area contributed by atoms with Crippen LogP contribution in [0.5, 0.6) is 0 Å². The molecule has 0 radical (unpaired) electrons. The van der Waals surface area contributed by atoms with Crippen molar-refractivity contribution in [1.29, 1.82) is 0 Å².